The van der Waals surface area contributed by atoms with Gasteiger partial charge in [-0.1, -0.05) is 6.07 Å². The number of aryl methyl sites for hydroxylation is 1. The Balaban J connectivity index is 2.12. The Morgan fingerprint density at radius 2 is 2.11 bits per heavy atom. The van der Waals surface area contributed by atoms with Crippen LogP contribution >= 0.6 is 0 Å². The molecule has 1 heterocycles. The van der Waals surface area contributed by atoms with Gasteiger partial charge in [-0.3, -0.25) is 0 Å². The molecule has 0 fully saturated rings. The van der Waals surface area contributed by atoms with Crippen LogP contribution in [-0.2, 0) is 6.54 Å². The summed E-state index contributed by atoms with van der Waals surface area (Å²) in [6, 6.07) is 11.5. The first-order chi connectivity index (χ1) is 8.69. The number of anilines is 2. The van der Waals surface area contributed by atoms with E-state index in [0.29, 0.717) is 6.54 Å². The summed E-state index contributed by atoms with van der Waals surface area (Å²) in [6.45, 7) is 2.59. The number of hydrogen-bond acceptors (Lipinski definition) is 4. The van der Waals surface area contributed by atoms with E-state index in [9.17, 15) is 0 Å². The summed E-state index contributed by atoms with van der Waals surface area (Å²) in [5.41, 5.74) is 8.50. The normalized spacial score (nSPS) is 10.1. The number of aromatic nitrogens is 1. The zero-order chi connectivity index (χ0) is 13.0. The van der Waals surface area contributed by atoms with Crippen molar-refractivity contribution in [3.8, 4) is 5.75 Å². The zero-order valence-electron chi connectivity index (χ0n) is 10.6. The van der Waals surface area contributed by atoms with Gasteiger partial charge in [0.1, 0.15) is 11.6 Å². The van der Waals surface area contributed by atoms with Gasteiger partial charge in [-0.15, -0.1) is 0 Å². The van der Waals surface area contributed by atoms with Gasteiger partial charge in [0.2, 0.25) is 0 Å². The molecule has 18 heavy (non-hydrogen) atoms. The van der Waals surface area contributed by atoms with Crippen LogP contribution in [-0.4, -0.2) is 12.1 Å². The van der Waals surface area contributed by atoms with Crippen molar-refractivity contribution in [2.75, 3.05) is 18.2 Å². The highest BCUT2D eigenvalue weighted by Crippen LogP contribution is 2.21. The Hall–Kier alpha value is -2.23. The molecule has 0 aliphatic heterocycles. The third-order valence-corrected chi connectivity index (χ3v) is 2.65. The van der Waals surface area contributed by atoms with E-state index in [1.54, 1.807) is 7.11 Å². The van der Waals surface area contributed by atoms with Crippen molar-refractivity contribution in [1.82, 2.24) is 4.98 Å². The number of nitrogen functional groups attached to an aromatic ring is 1. The minimum atomic E-state index is 0.630. The van der Waals surface area contributed by atoms with E-state index in [2.05, 4.69) is 10.3 Å². The highest BCUT2D eigenvalue weighted by atomic mass is 16.5. The van der Waals surface area contributed by atoms with Crippen LogP contribution in [0.1, 0.15) is 11.3 Å². The summed E-state index contributed by atoms with van der Waals surface area (Å²) in [5, 5.41) is 3.26. The summed E-state index contributed by atoms with van der Waals surface area (Å²) >= 11 is 0. The standard InChI is InChI=1S/C14H17N3O/c1-10-4-3-5-14(17-10)16-9-11-8-12(15)6-7-13(11)18-2/h3-8H,9,15H2,1-2H3,(H,16,17). The Labute approximate surface area is 107 Å². The Morgan fingerprint density at radius 1 is 1.28 bits per heavy atom. The molecule has 1 aromatic heterocycles. The second-order valence-electron chi connectivity index (χ2n) is 4.09. The summed E-state index contributed by atoms with van der Waals surface area (Å²) < 4.78 is 5.30. The minimum Gasteiger partial charge on any atom is -0.496 e. The first-order valence-electron chi connectivity index (χ1n) is 5.79. The fraction of sp³-hybridized carbons (Fsp3) is 0.214. The maximum atomic E-state index is 5.78. The fourth-order valence-electron chi connectivity index (χ4n) is 1.76. The molecule has 3 N–H and O–H groups in total. The molecule has 0 spiro atoms. The number of hydrogen-bond donors (Lipinski definition) is 2. The molecule has 1 aromatic carbocycles. The van der Waals surface area contributed by atoms with Crippen LogP contribution in [0.4, 0.5) is 11.5 Å². The lowest BCUT2D eigenvalue weighted by Crippen LogP contribution is -2.04. The Kier molecular flexibility index (Phi) is 3.67. The van der Waals surface area contributed by atoms with Crippen molar-refractivity contribution in [3.63, 3.8) is 0 Å². The molecule has 4 nitrogen and oxygen atoms in total. The molecule has 94 valence electrons. The largest absolute Gasteiger partial charge is 0.496 e. The van der Waals surface area contributed by atoms with Gasteiger partial charge in [-0.25, -0.2) is 4.98 Å². The summed E-state index contributed by atoms with van der Waals surface area (Å²) in [6.07, 6.45) is 0. The van der Waals surface area contributed by atoms with E-state index < -0.39 is 0 Å². The smallest absolute Gasteiger partial charge is 0.126 e. The number of nitrogens with zero attached hydrogens (tertiary/aromatic N) is 1. The third kappa shape index (κ3) is 2.91. The predicted molar refractivity (Wildman–Crippen MR) is 73.7 cm³/mol. The van der Waals surface area contributed by atoms with Crippen molar-refractivity contribution in [2.45, 2.75) is 13.5 Å². The minimum absolute atomic E-state index is 0.630. The van der Waals surface area contributed by atoms with Crippen molar-refractivity contribution >= 4 is 11.5 Å². The van der Waals surface area contributed by atoms with Crippen molar-refractivity contribution < 1.29 is 4.74 Å². The first-order valence-corrected chi connectivity index (χ1v) is 5.79. The number of ether oxygens (including phenoxy) is 1. The fourth-order valence-corrected chi connectivity index (χ4v) is 1.76. The van der Waals surface area contributed by atoms with E-state index in [-0.39, 0.29) is 0 Å². The lowest BCUT2D eigenvalue weighted by molar-refractivity contribution is 0.410. The maximum absolute atomic E-state index is 5.78. The highest BCUT2D eigenvalue weighted by Gasteiger charge is 2.03. The molecule has 0 aliphatic rings. The van der Waals surface area contributed by atoms with Gasteiger partial charge in [0.25, 0.3) is 0 Å². The van der Waals surface area contributed by atoms with Crippen LogP contribution in [0.25, 0.3) is 0 Å². The van der Waals surface area contributed by atoms with E-state index in [4.69, 9.17) is 10.5 Å². The molecule has 0 atom stereocenters. The summed E-state index contributed by atoms with van der Waals surface area (Å²) in [5.74, 6) is 1.67. The zero-order valence-corrected chi connectivity index (χ0v) is 10.6. The van der Waals surface area contributed by atoms with Crippen LogP contribution in [0, 0.1) is 6.92 Å². The van der Waals surface area contributed by atoms with Crippen LogP contribution < -0.4 is 15.8 Å². The highest BCUT2D eigenvalue weighted by molar-refractivity contribution is 5.49. The third-order valence-electron chi connectivity index (χ3n) is 2.65. The van der Waals surface area contributed by atoms with Gasteiger partial charge < -0.3 is 15.8 Å². The van der Waals surface area contributed by atoms with Crippen molar-refractivity contribution in [2.24, 2.45) is 0 Å². The first kappa shape index (κ1) is 12.2. The van der Waals surface area contributed by atoms with Gasteiger partial charge in [-0.05, 0) is 37.3 Å². The average molecular weight is 243 g/mol. The molecular weight excluding hydrogens is 226 g/mol. The van der Waals surface area contributed by atoms with Gasteiger partial charge >= 0.3 is 0 Å². The molecule has 0 amide bonds. The van der Waals surface area contributed by atoms with E-state index in [1.807, 2.05) is 43.3 Å². The molecular formula is C14H17N3O. The van der Waals surface area contributed by atoms with Gasteiger partial charge in [0.05, 0.1) is 7.11 Å². The van der Waals surface area contributed by atoms with Crippen LogP contribution in [0.15, 0.2) is 36.4 Å². The number of nitrogens with two attached hydrogens (primary N) is 1. The molecule has 0 aliphatic carbocycles. The molecule has 4 heteroatoms. The molecule has 0 bridgehead atoms. The van der Waals surface area contributed by atoms with Crippen molar-refractivity contribution in [1.29, 1.82) is 0 Å². The second-order valence-corrected chi connectivity index (χ2v) is 4.09. The molecule has 2 aromatic rings. The quantitative estimate of drug-likeness (QED) is 0.810. The molecule has 0 radical (unpaired) electrons. The molecule has 0 saturated heterocycles. The number of benzene rings is 1. The maximum Gasteiger partial charge on any atom is 0.126 e. The van der Waals surface area contributed by atoms with E-state index in [0.717, 1.165) is 28.5 Å². The van der Waals surface area contributed by atoms with Crippen LogP contribution in [0.2, 0.25) is 0 Å². The molecule has 0 saturated carbocycles. The van der Waals surface area contributed by atoms with Gasteiger partial charge in [0.15, 0.2) is 0 Å². The van der Waals surface area contributed by atoms with Crippen LogP contribution in [0.5, 0.6) is 5.75 Å². The number of rotatable bonds is 4. The van der Waals surface area contributed by atoms with E-state index >= 15 is 0 Å². The molecule has 0 unspecified atom stereocenters. The number of nitrogens with one attached hydrogen (secondary N) is 1. The lowest BCUT2D eigenvalue weighted by Gasteiger charge is -2.11. The monoisotopic (exact) mass is 243 g/mol. The Bertz CT molecular complexity index is 540. The lowest BCUT2D eigenvalue weighted by atomic mass is 10.1. The van der Waals surface area contributed by atoms with Crippen molar-refractivity contribution in [3.05, 3.63) is 47.7 Å². The average Bonchev–Trinajstić information content (AvgIpc) is 2.37. The second kappa shape index (κ2) is 5.40. The summed E-state index contributed by atoms with van der Waals surface area (Å²) in [4.78, 5) is 4.38. The van der Waals surface area contributed by atoms with Gasteiger partial charge in [-0.2, -0.15) is 0 Å². The van der Waals surface area contributed by atoms with E-state index in [1.165, 1.54) is 0 Å². The van der Waals surface area contributed by atoms with Gasteiger partial charge in [0, 0.05) is 23.5 Å². The predicted octanol–water partition coefficient (Wildman–Crippen LogP) is 2.59. The summed E-state index contributed by atoms with van der Waals surface area (Å²) in [7, 11) is 1.65. The Morgan fingerprint density at radius 3 is 2.83 bits per heavy atom. The SMILES string of the molecule is COc1ccc(N)cc1CNc1cccc(C)n1. The number of pyridine rings is 1. The molecule has 2 rings (SSSR count). The van der Waals surface area contributed by atoms with Crippen LogP contribution in [0.3, 0.4) is 0 Å². The topological polar surface area (TPSA) is 60.2 Å². The number of methoxy groups -OCH3 is 1.